The molecule has 2 aromatic heterocycles. The van der Waals surface area contributed by atoms with E-state index in [9.17, 15) is 9.90 Å². The van der Waals surface area contributed by atoms with Gasteiger partial charge in [-0.25, -0.2) is 0 Å². The van der Waals surface area contributed by atoms with E-state index >= 15 is 0 Å². The van der Waals surface area contributed by atoms with Gasteiger partial charge in [-0.3, -0.25) is 9.36 Å². The SMILES string of the molecule is COc1cc2c(C(O)c3ccccc3Cl)cn(-c3noc4ccc(C)cc34)c(=O)c2cc1OC. The number of benzene rings is 3. The Morgan fingerprint density at radius 2 is 1.68 bits per heavy atom. The normalized spacial score (nSPS) is 12.3. The van der Waals surface area contributed by atoms with Crippen molar-refractivity contribution in [3.63, 3.8) is 0 Å². The summed E-state index contributed by atoms with van der Waals surface area (Å²) in [4.78, 5) is 13.7. The van der Waals surface area contributed by atoms with Crippen LogP contribution in [-0.4, -0.2) is 29.0 Å². The number of hydrogen-bond acceptors (Lipinski definition) is 6. The number of hydrogen-bond donors (Lipinski definition) is 1. The first-order valence-corrected chi connectivity index (χ1v) is 10.9. The Morgan fingerprint density at radius 1 is 0.971 bits per heavy atom. The van der Waals surface area contributed by atoms with Crippen molar-refractivity contribution in [3.8, 4) is 17.3 Å². The summed E-state index contributed by atoms with van der Waals surface area (Å²) >= 11 is 6.39. The summed E-state index contributed by atoms with van der Waals surface area (Å²) in [6, 6.07) is 15.9. The number of aryl methyl sites for hydroxylation is 1. The van der Waals surface area contributed by atoms with E-state index in [-0.39, 0.29) is 5.56 Å². The van der Waals surface area contributed by atoms with Crippen molar-refractivity contribution in [2.75, 3.05) is 14.2 Å². The second kappa shape index (κ2) is 8.52. The molecule has 0 aliphatic rings. The van der Waals surface area contributed by atoms with Gasteiger partial charge in [0.2, 0.25) is 0 Å². The predicted octanol–water partition coefficient (Wildman–Crippen LogP) is 5.19. The standard InChI is InChI=1S/C26H21ClN2O5/c1-14-8-9-21-18(10-14)25(28-34-21)29-13-19(24(30)15-6-4-5-7-20(15)27)16-11-22(32-2)23(33-3)12-17(16)26(29)31/h4-13,24,30H,1-3H3. The number of rotatable bonds is 5. The number of halogens is 1. The van der Waals surface area contributed by atoms with Gasteiger partial charge >= 0.3 is 0 Å². The first kappa shape index (κ1) is 22.0. The van der Waals surface area contributed by atoms with Crippen LogP contribution in [0.1, 0.15) is 22.8 Å². The molecule has 3 aromatic carbocycles. The van der Waals surface area contributed by atoms with E-state index in [0.717, 1.165) is 5.56 Å². The van der Waals surface area contributed by atoms with Gasteiger partial charge in [0.25, 0.3) is 5.56 Å². The number of ether oxygens (including phenoxy) is 2. The highest BCUT2D eigenvalue weighted by Crippen LogP contribution is 2.37. The van der Waals surface area contributed by atoms with Gasteiger partial charge in [0.05, 0.1) is 25.0 Å². The lowest BCUT2D eigenvalue weighted by atomic mass is 9.97. The third-order valence-electron chi connectivity index (χ3n) is 5.88. The zero-order valence-corrected chi connectivity index (χ0v) is 19.5. The number of pyridine rings is 1. The highest BCUT2D eigenvalue weighted by Gasteiger charge is 2.23. The molecule has 0 amide bonds. The molecule has 1 N–H and O–H groups in total. The quantitative estimate of drug-likeness (QED) is 0.375. The van der Waals surface area contributed by atoms with E-state index in [0.29, 0.717) is 55.2 Å². The van der Waals surface area contributed by atoms with Crippen molar-refractivity contribution in [2.45, 2.75) is 13.0 Å². The van der Waals surface area contributed by atoms with Crippen molar-refractivity contribution in [1.82, 2.24) is 9.72 Å². The summed E-state index contributed by atoms with van der Waals surface area (Å²) in [5.74, 6) is 1.15. The zero-order chi connectivity index (χ0) is 24.0. The van der Waals surface area contributed by atoms with Crippen molar-refractivity contribution in [2.24, 2.45) is 0 Å². The van der Waals surface area contributed by atoms with Crippen LogP contribution in [0.25, 0.3) is 27.6 Å². The molecule has 0 saturated heterocycles. The lowest BCUT2D eigenvalue weighted by molar-refractivity contribution is 0.221. The van der Waals surface area contributed by atoms with Crippen LogP contribution in [0.2, 0.25) is 5.02 Å². The molecule has 5 aromatic rings. The number of aromatic nitrogens is 2. The van der Waals surface area contributed by atoms with Crippen molar-refractivity contribution in [1.29, 1.82) is 0 Å². The van der Waals surface area contributed by atoms with Crippen LogP contribution in [0, 0.1) is 6.92 Å². The van der Waals surface area contributed by atoms with Crippen molar-refractivity contribution >= 4 is 33.3 Å². The van der Waals surface area contributed by atoms with Gasteiger partial charge in [-0.1, -0.05) is 46.6 Å². The number of nitrogens with zero attached hydrogens (tertiary/aromatic N) is 2. The second-order valence-electron chi connectivity index (χ2n) is 7.94. The summed E-state index contributed by atoms with van der Waals surface area (Å²) in [7, 11) is 3.01. The van der Waals surface area contributed by atoms with Crippen LogP contribution in [0.3, 0.4) is 0 Å². The maximum Gasteiger partial charge on any atom is 0.264 e. The van der Waals surface area contributed by atoms with Crippen LogP contribution in [0.15, 0.2) is 70.1 Å². The molecule has 1 unspecified atom stereocenters. The Hall–Kier alpha value is -3.81. The lowest BCUT2D eigenvalue weighted by Gasteiger charge is -2.19. The Kier molecular flexibility index (Phi) is 5.51. The van der Waals surface area contributed by atoms with Gasteiger partial charge in [-0.05, 0) is 42.6 Å². The molecular formula is C26H21ClN2O5. The summed E-state index contributed by atoms with van der Waals surface area (Å²) in [6.45, 7) is 1.95. The van der Waals surface area contributed by atoms with Gasteiger partial charge in [0.1, 0.15) is 6.10 Å². The highest BCUT2D eigenvalue weighted by atomic mass is 35.5. The molecular weight excluding hydrogens is 456 g/mol. The third-order valence-corrected chi connectivity index (χ3v) is 6.23. The molecule has 34 heavy (non-hydrogen) atoms. The minimum atomic E-state index is -1.12. The largest absolute Gasteiger partial charge is 0.493 e. The topological polar surface area (TPSA) is 86.7 Å². The molecule has 0 fully saturated rings. The smallest absolute Gasteiger partial charge is 0.264 e. The Bertz CT molecular complexity index is 1600. The van der Waals surface area contributed by atoms with Crippen LogP contribution in [0.4, 0.5) is 0 Å². The van der Waals surface area contributed by atoms with Crippen LogP contribution in [0.5, 0.6) is 11.5 Å². The molecule has 0 aliphatic heterocycles. The van der Waals surface area contributed by atoms with Crippen LogP contribution in [-0.2, 0) is 0 Å². The van der Waals surface area contributed by atoms with E-state index in [1.54, 1.807) is 48.7 Å². The van der Waals surface area contributed by atoms with E-state index in [4.69, 9.17) is 25.6 Å². The summed E-state index contributed by atoms with van der Waals surface area (Å²) in [5.41, 5.74) is 2.16. The molecule has 1 atom stereocenters. The number of fused-ring (bicyclic) bond motifs is 2. The van der Waals surface area contributed by atoms with E-state index in [1.807, 2.05) is 19.1 Å². The maximum atomic E-state index is 13.7. The molecule has 7 nitrogen and oxygen atoms in total. The van der Waals surface area contributed by atoms with Crippen molar-refractivity contribution < 1.29 is 19.1 Å². The van der Waals surface area contributed by atoms with Gasteiger partial charge in [0, 0.05) is 22.3 Å². The monoisotopic (exact) mass is 476 g/mol. The van der Waals surface area contributed by atoms with Crippen LogP contribution >= 0.6 is 11.6 Å². The first-order chi connectivity index (χ1) is 16.4. The van der Waals surface area contributed by atoms with Crippen LogP contribution < -0.4 is 15.0 Å². The first-order valence-electron chi connectivity index (χ1n) is 10.5. The number of methoxy groups -OCH3 is 2. The Balaban J connectivity index is 1.87. The fourth-order valence-corrected chi connectivity index (χ4v) is 4.38. The molecule has 2 heterocycles. The second-order valence-corrected chi connectivity index (χ2v) is 8.35. The van der Waals surface area contributed by atoms with Crippen molar-refractivity contribution in [3.05, 3.63) is 92.9 Å². The number of aliphatic hydroxyl groups excluding tert-OH is 1. The van der Waals surface area contributed by atoms with Gasteiger partial charge in [-0.15, -0.1) is 0 Å². The fraction of sp³-hybridized carbons (Fsp3) is 0.154. The Morgan fingerprint density at radius 3 is 2.38 bits per heavy atom. The summed E-state index contributed by atoms with van der Waals surface area (Å²) < 4.78 is 17.7. The third kappa shape index (κ3) is 3.50. The maximum absolute atomic E-state index is 13.7. The minimum absolute atomic E-state index is 0.324. The highest BCUT2D eigenvalue weighted by molar-refractivity contribution is 6.31. The average Bonchev–Trinajstić information content (AvgIpc) is 3.26. The summed E-state index contributed by atoms with van der Waals surface area (Å²) in [5, 5.41) is 17.5. The molecule has 0 radical (unpaired) electrons. The zero-order valence-electron chi connectivity index (χ0n) is 18.7. The molecule has 5 rings (SSSR count). The van der Waals surface area contributed by atoms with E-state index in [1.165, 1.54) is 18.8 Å². The fourth-order valence-electron chi connectivity index (χ4n) is 4.14. The minimum Gasteiger partial charge on any atom is -0.493 e. The molecule has 0 saturated carbocycles. The molecule has 0 aliphatic carbocycles. The molecule has 0 spiro atoms. The predicted molar refractivity (Wildman–Crippen MR) is 130 cm³/mol. The number of aliphatic hydroxyl groups is 1. The molecule has 8 heteroatoms. The molecule has 172 valence electrons. The lowest BCUT2D eigenvalue weighted by Crippen LogP contribution is -2.21. The van der Waals surface area contributed by atoms with Gasteiger partial charge in [-0.2, -0.15) is 0 Å². The van der Waals surface area contributed by atoms with Gasteiger partial charge in [0.15, 0.2) is 22.9 Å². The van der Waals surface area contributed by atoms with E-state index in [2.05, 4.69) is 5.16 Å². The van der Waals surface area contributed by atoms with E-state index < -0.39 is 6.10 Å². The van der Waals surface area contributed by atoms with Gasteiger partial charge < -0.3 is 19.1 Å². The average molecular weight is 477 g/mol. The molecule has 0 bridgehead atoms. The summed E-state index contributed by atoms with van der Waals surface area (Å²) in [6.07, 6.45) is 0.450. The Labute approximate surface area is 199 Å².